The quantitative estimate of drug-likeness (QED) is 0.443. The number of benzene rings is 2. The minimum Gasteiger partial charge on any atom is -0.497 e. The molecule has 1 aliphatic carbocycles. The summed E-state index contributed by atoms with van der Waals surface area (Å²) in [7, 11) is 1.60. The summed E-state index contributed by atoms with van der Waals surface area (Å²) in [5, 5.41) is 3.54. The molecule has 2 amide bonds. The van der Waals surface area contributed by atoms with Crippen molar-refractivity contribution in [3.8, 4) is 11.5 Å². The molecule has 0 spiro atoms. The lowest BCUT2D eigenvalue weighted by molar-refractivity contribution is -0.143. The normalized spacial score (nSPS) is 14.5. The van der Waals surface area contributed by atoms with E-state index in [1.807, 2.05) is 31.2 Å². The van der Waals surface area contributed by atoms with Crippen LogP contribution in [-0.2, 0) is 16.1 Å². The molecule has 0 aliphatic heterocycles. The van der Waals surface area contributed by atoms with E-state index in [-0.39, 0.29) is 31.0 Å². The highest BCUT2D eigenvalue weighted by molar-refractivity contribution is 9.10. The van der Waals surface area contributed by atoms with Gasteiger partial charge in [-0.3, -0.25) is 9.59 Å². The monoisotopic (exact) mass is 536 g/mol. The van der Waals surface area contributed by atoms with Crippen LogP contribution in [0.25, 0.3) is 0 Å². The average Bonchev–Trinajstić information content (AvgIpc) is 3.31. The second-order valence-electron chi connectivity index (χ2n) is 8.15. The lowest BCUT2D eigenvalue weighted by atomic mass is 10.1. The van der Waals surface area contributed by atoms with E-state index in [0.29, 0.717) is 22.9 Å². The van der Waals surface area contributed by atoms with Gasteiger partial charge in [0.05, 0.1) is 12.1 Å². The third kappa shape index (κ3) is 7.11. The molecule has 0 radical (unpaired) electrons. The molecule has 0 bridgehead atoms. The molecule has 0 aromatic heterocycles. The van der Waals surface area contributed by atoms with E-state index in [9.17, 15) is 9.59 Å². The molecule has 8 heteroatoms. The van der Waals surface area contributed by atoms with Crippen molar-refractivity contribution in [3.63, 3.8) is 0 Å². The summed E-state index contributed by atoms with van der Waals surface area (Å²) < 4.78 is 11.9. The maximum atomic E-state index is 13.3. The Balaban J connectivity index is 1.79. The molecule has 178 valence electrons. The van der Waals surface area contributed by atoms with E-state index in [2.05, 4.69) is 21.2 Å². The fourth-order valence-electron chi connectivity index (χ4n) is 4.07. The highest BCUT2D eigenvalue weighted by Crippen LogP contribution is 2.28. The number of methoxy groups -OCH3 is 1. The maximum absolute atomic E-state index is 13.3. The van der Waals surface area contributed by atoms with Gasteiger partial charge in [-0.25, -0.2) is 0 Å². The molecule has 1 fully saturated rings. The number of ether oxygens (including phenoxy) is 2. The molecule has 2 aromatic carbocycles. The lowest BCUT2D eigenvalue weighted by Gasteiger charge is -2.31. The first-order valence-electron chi connectivity index (χ1n) is 11.2. The van der Waals surface area contributed by atoms with Gasteiger partial charge in [0.1, 0.15) is 17.5 Å². The molecule has 0 unspecified atom stereocenters. The molecule has 33 heavy (non-hydrogen) atoms. The number of carbonyl (C=O) groups is 2. The van der Waals surface area contributed by atoms with E-state index in [1.165, 1.54) is 0 Å². The average molecular weight is 538 g/mol. The van der Waals surface area contributed by atoms with Gasteiger partial charge in [0.25, 0.3) is 5.91 Å². The standard InChI is InChI=1S/C25H30BrClN2O4/c1-3-22(25(31)28-19-8-4-5-9-19)29(15-17-7-6-10-20(13-17)32-2)24(30)16-33-23-12-11-18(26)14-21(23)27/h6-7,10-14,19,22H,3-5,8-9,15-16H2,1-2H3,(H,28,31)/t22-/m1/s1. The van der Waals surface area contributed by atoms with Crippen molar-refractivity contribution >= 4 is 39.3 Å². The lowest BCUT2D eigenvalue weighted by Crippen LogP contribution is -2.52. The number of hydrogen-bond donors (Lipinski definition) is 1. The van der Waals surface area contributed by atoms with Crippen LogP contribution in [0.2, 0.25) is 5.02 Å². The third-order valence-electron chi connectivity index (χ3n) is 5.82. The van der Waals surface area contributed by atoms with Gasteiger partial charge < -0.3 is 19.7 Å². The smallest absolute Gasteiger partial charge is 0.261 e. The minimum atomic E-state index is -0.603. The van der Waals surface area contributed by atoms with Gasteiger partial charge in [-0.15, -0.1) is 0 Å². The molecule has 0 heterocycles. The summed E-state index contributed by atoms with van der Waals surface area (Å²) in [6.07, 6.45) is 4.70. The molecule has 1 aliphatic rings. The highest BCUT2D eigenvalue weighted by atomic mass is 79.9. The molecule has 3 rings (SSSR count). The van der Waals surface area contributed by atoms with Gasteiger partial charge >= 0.3 is 0 Å². The Bertz CT molecular complexity index is 965. The molecule has 0 saturated heterocycles. The number of rotatable bonds is 10. The topological polar surface area (TPSA) is 67.9 Å². The Hall–Kier alpha value is -2.25. The number of amides is 2. The van der Waals surface area contributed by atoms with Crippen molar-refractivity contribution < 1.29 is 19.1 Å². The molecular weight excluding hydrogens is 508 g/mol. The fraction of sp³-hybridized carbons (Fsp3) is 0.440. The summed E-state index contributed by atoms with van der Waals surface area (Å²) in [5.41, 5.74) is 0.872. The van der Waals surface area contributed by atoms with Crippen molar-refractivity contribution in [3.05, 3.63) is 57.5 Å². The number of halogens is 2. The maximum Gasteiger partial charge on any atom is 0.261 e. The van der Waals surface area contributed by atoms with E-state index >= 15 is 0 Å². The zero-order valence-electron chi connectivity index (χ0n) is 19.0. The summed E-state index contributed by atoms with van der Waals surface area (Å²) in [6.45, 7) is 1.96. The zero-order valence-corrected chi connectivity index (χ0v) is 21.3. The van der Waals surface area contributed by atoms with Crippen molar-refractivity contribution in [2.24, 2.45) is 0 Å². The van der Waals surface area contributed by atoms with Crippen molar-refractivity contribution in [2.45, 2.75) is 57.7 Å². The van der Waals surface area contributed by atoms with Crippen LogP contribution in [0, 0.1) is 0 Å². The van der Waals surface area contributed by atoms with Gasteiger partial charge in [0.15, 0.2) is 6.61 Å². The van der Waals surface area contributed by atoms with Crippen molar-refractivity contribution in [1.82, 2.24) is 10.2 Å². The van der Waals surface area contributed by atoms with Crippen molar-refractivity contribution in [2.75, 3.05) is 13.7 Å². The van der Waals surface area contributed by atoms with E-state index in [1.54, 1.807) is 30.2 Å². The van der Waals surface area contributed by atoms with Gasteiger partial charge in [0, 0.05) is 17.1 Å². The largest absolute Gasteiger partial charge is 0.497 e. The first-order valence-corrected chi connectivity index (χ1v) is 12.4. The van der Waals surface area contributed by atoms with Gasteiger partial charge in [-0.05, 0) is 55.2 Å². The molecule has 6 nitrogen and oxygen atoms in total. The van der Waals surface area contributed by atoms with Gasteiger partial charge in [-0.2, -0.15) is 0 Å². The van der Waals surface area contributed by atoms with Gasteiger partial charge in [-0.1, -0.05) is 59.4 Å². The second-order valence-corrected chi connectivity index (χ2v) is 9.47. The molecule has 1 N–H and O–H groups in total. The number of nitrogens with one attached hydrogen (secondary N) is 1. The number of carbonyl (C=O) groups excluding carboxylic acids is 2. The van der Waals surface area contributed by atoms with Crippen LogP contribution in [-0.4, -0.2) is 42.5 Å². The van der Waals surface area contributed by atoms with E-state index < -0.39 is 6.04 Å². The zero-order chi connectivity index (χ0) is 23.8. The van der Waals surface area contributed by atoms with Crippen LogP contribution in [0.4, 0.5) is 0 Å². The molecule has 2 aromatic rings. The van der Waals surface area contributed by atoms with Crippen molar-refractivity contribution in [1.29, 1.82) is 0 Å². The predicted molar refractivity (Wildman–Crippen MR) is 133 cm³/mol. The van der Waals surface area contributed by atoms with Crippen LogP contribution in [0.15, 0.2) is 46.9 Å². The molecule has 1 saturated carbocycles. The molecular formula is C25H30BrClN2O4. The summed E-state index contributed by atoms with van der Waals surface area (Å²) >= 11 is 9.59. The van der Waals surface area contributed by atoms with Crippen LogP contribution in [0.3, 0.4) is 0 Å². The van der Waals surface area contributed by atoms with Crippen LogP contribution >= 0.6 is 27.5 Å². The molecule has 1 atom stereocenters. The first-order chi connectivity index (χ1) is 15.9. The van der Waals surface area contributed by atoms with E-state index in [4.69, 9.17) is 21.1 Å². The predicted octanol–water partition coefficient (Wildman–Crippen LogP) is 5.36. The number of hydrogen-bond acceptors (Lipinski definition) is 4. The van der Waals surface area contributed by atoms with Crippen LogP contribution < -0.4 is 14.8 Å². The summed E-state index contributed by atoms with van der Waals surface area (Å²) in [4.78, 5) is 28.1. The van der Waals surface area contributed by atoms with Crippen LogP contribution in [0.5, 0.6) is 11.5 Å². The van der Waals surface area contributed by atoms with Crippen LogP contribution in [0.1, 0.15) is 44.6 Å². The van der Waals surface area contributed by atoms with E-state index in [0.717, 1.165) is 35.7 Å². The summed E-state index contributed by atoms with van der Waals surface area (Å²) in [6, 6.07) is 12.3. The van der Waals surface area contributed by atoms with Gasteiger partial charge in [0.2, 0.25) is 5.91 Å². The summed E-state index contributed by atoms with van der Waals surface area (Å²) in [5.74, 6) is 0.701. The fourth-order valence-corrected chi connectivity index (χ4v) is 4.80. The Morgan fingerprint density at radius 1 is 1.21 bits per heavy atom. The Kier molecular flexibility index (Phi) is 9.44. The second kappa shape index (κ2) is 12.3. The SMILES string of the molecule is CC[C@H](C(=O)NC1CCCC1)N(Cc1cccc(OC)c1)C(=O)COc1ccc(Br)cc1Cl. The number of nitrogens with zero attached hydrogens (tertiary/aromatic N) is 1. The Morgan fingerprint density at radius 3 is 2.64 bits per heavy atom. The third-order valence-corrected chi connectivity index (χ3v) is 6.61. The Labute approximate surface area is 208 Å². The Morgan fingerprint density at radius 2 is 1.97 bits per heavy atom. The first kappa shape index (κ1) is 25.4. The minimum absolute atomic E-state index is 0.123. The highest BCUT2D eigenvalue weighted by Gasteiger charge is 2.31.